The molecule has 0 atom stereocenters. The number of hydrogen-bond donors (Lipinski definition) is 0. The molecule has 3 nitrogen and oxygen atoms in total. The second-order valence-corrected chi connectivity index (χ2v) is 4.45. The van der Waals surface area contributed by atoms with Crippen LogP contribution in [0.25, 0.3) is 0 Å². The molecule has 1 rings (SSSR count). The number of aliphatic carboxylic acids is 1. The molecule has 88 valence electrons. The van der Waals surface area contributed by atoms with Crippen LogP contribution in [0.5, 0.6) is 5.75 Å². The molecule has 0 saturated carbocycles. The minimum Gasteiger partial charge on any atom is -0.546 e. The summed E-state index contributed by atoms with van der Waals surface area (Å²) in [6.45, 7) is -0.728. The normalized spacial score (nSPS) is 9.71. The summed E-state index contributed by atoms with van der Waals surface area (Å²) in [7, 11) is 0. The summed E-state index contributed by atoms with van der Waals surface area (Å²) >= 11 is 28.7. The summed E-state index contributed by atoms with van der Waals surface area (Å²) in [5, 5.41) is 9.84. The van der Waals surface area contributed by atoms with Crippen LogP contribution in [0.3, 0.4) is 0 Å². The van der Waals surface area contributed by atoms with Gasteiger partial charge in [0.25, 0.3) is 0 Å². The van der Waals surface area contributed by atoms with E-state index in [2.05, 4.69) is 0 Å². The monoisotopic (exact) mass is 360 g/mol. The van der Waals surface area contributed by atoms with Crippen LogP contribution < -0.4 is 61.2 Å². The second kappa shape index (κ2) is 8.00. The van der Waals surface area contributed by atoms with Crippen molar-refractivity contribution in [3.05, 3.63) is 25.1 Å². The van der Waals surface area contributed by atoms with Crippen molar-refractivity contribution in [2.75, 3.05) is 6.61 Å². The fourth-order valence-electron chi connectivity index (χ4n) is 0.843. The Morgan fingerprint density at radius 2 is 1.29 bits per heavy atom. The van der Waals surface area contributed by atoms with Gasteiger partial charge in [-0.15, -0.1) is 0 Å². The zero-order valence-corrected chi connectivity index (χ0v) is 15.2. The maximum absolute atomic E-state index is 10.2. The van der Waals surface area contributed by atoms with E-state index in [1.54, 1.807) is 0 Å². The van der Waals surface area contributed by atoms with Gasteiger partial charge in [0.2, 0.25) is 0 Å². The van der Waals surface area contributed by atoms with E-state index in [1.165, 1.54) is 0 Å². The van der Waals surface area contributed by atoms with Crippen LogP contribution in [0.4, 0.5) is 0 Å². The first-order valence-electron chi connectivity index (χ1n) is 3.70. The average Bonchev–Trinajstić information content (AvgIpc) is 2.23. The van der Waals surface area contributed by atoms with Crippen LogP contribution in [0.15, 0.2) is 0 Å². The third-order valence-electron chi connectivity index (χ3n) is 1.50. The smallest absolute Gasteiger partial charge is 0.546 e. The van der Waals surface area contributed by atoms with Gasteiger partial charge in [0.15, 0.2) is 5.75 Å². The maximum Gasteiger partial charge on any atom is 1.00 e. The summed E-state index contributed by atoms with van der Waals surface area (Å²) in [5.74, 6) is -1.58. The predicted molar refractivity (Wildman–Crippen MR) is 62.0 cm³/mol. The molecule has 0 radical (unpaired) electrons. The van der Waals surface area contributed by atoms with E-state index < -0.39 is 12.6 Å². The Kier molecular flexibility index (Phi) is 8.74. The standard InChI is InChI=1S/C8H3Cl5O3.K/c9-3-4(10)6(12)8(7(13)5(3)11)16-1-2(14)15;/h1H2,(H,14,15);/q;+1/p-1. The molecular weight excluding hydrogens is 360 g/mol. The van der Waals surface area contributed by atoms with E-state index in [0.29, 0.717) is 0 Å². The molecule has 0 spiro atoms. The Hall–Kier alpha value is 1.58. The number of ether oxygens (including phenoxy) is 1. The number of halogens is 5. The van der Waals surface area contributed by atoms with E-state index in [1.807, 2.05) is 0 Å². The number of carboxylic acids is 1. The molecule has 0 amide bonds. The topological polar surface area (TPSA) is 49.4 Å². The zero-order valence-electron chi connectivity index (χ0n) is 8.32. The van der Waals surface area contributed by atoms with Gasteiger partial charge in [0, 0.05) is 0 Å². The molecule has 0 fully saturated rings. The van der Waals surface area contributed by atoms with Crippen molar-refractivity contribution in [1.82, 2.24) is 0 Å². The van der Waals surface area contributed by atoms with Crippen molar-refractivity contribution in [2.45, 2.75) is 0 Å². The van der Waals surface area contributed by atoms with Gasteiger partial charge in [-0.2, -0.15) is 0 Å². The van der Waals surface area contributed by atoms with Crippen LogP contribution in [0.2, 0.25) is 25.1 Å². The van der Waals surface area contributed by atoms with Crippen molar-refractivity contribution >= 4 is 64.0 Å². The number of rotatable bonds is 3. The molecule has 0 bridgehead atoms. The Balaban J connectivity index is 0.00000256. The molecule has 0 N–H and O–H groups in total. The summed E-state index contributed by atoms with van der Waals surface area (Å²) < 4.78 is 4.79. The van der Waals surface area contributed by atoms with Crippen LogP contribution in [0.1, 0.15) is 0 Å². The number of carbonyl (C=O) groups is 1. The third kappa shape index (κ3) is 4.56. The molecule has 17 heavy (non-hydrogen) atoms. The summed E-state index contributed by atoms with van der Waals surface area (Å²) in [5.41, 5.74) is 0. The van der Waals surface area contributed by atoms with Gasteiger partial charge < -0.3 is 14.6 Å². The van der Waals surface area contributed by atoms with Crippen LogP contribution in [0, 0.1) is 0 Å². The molecule has 0 heterocycles. The van der Waals surface area contributed by atoms with E-state index in [9.17, 15) is 9.90 Å². The fourth-order valence-corrected chi connectivity index (χ4v) is 2.07. The van der Waals surface area contributed by atoms with Crippen molar-refractivity contribution < 1.29 is 66.0 Å². The van der Waals surface area contributed by atoms with Crippen LogP contribution in [-0.4, -0.2) is 12.6 Å². The SMILES string of the molecule is O=C([O-])COc1c(Cl)c(Cl)c(Cl)c(Cl)c1Cl.[K+]. The van der Waals surface area contributed by atoms with E-state index in [0.717, 1.165) is 0 Å². The van der Waals surface area contributed by atoms with Crippen molar-refractivity contribution in [3.8, 4) is 5.75 Å². The second-order valence-electron chi connectivity index (χ2n) is 2.56. The van der Waals surface area contributed by atoms with Gasteiger partial charge in [-0.05, 0) is 0 Å². The minimum absolute atomic E-state index is 0. The molecule has 9 heteroatoms. The van der Waals surface area contributed by atoms with E-state index >= 15 is 0 Å². The fraction of sp³-hybridized carbons (Fsp3) is 0.125. The first-order valence-corrected chi connectivity index (χ1v) is 5.59. The molecule has 0 unspecified atom stereocenters. The van der Waals surface area contributed by atoms with Gasteiger partial charge in [0.1, 0.15) is 16.7 Å². The molecule has 0 aliphatic heterocycles. The van der Waals surface area contributed by atoms with Gasteiger partial charge in [0.05, 0.1) is 21.0 Å². The molecule has 0 saturated heterocycles. The predicted octanol–water partition coefficient (Wildman–Crippen LogP) is 0.0863. The average molecular weight is 362 g/mol. The van der Waals surface area contributed by atoms with E-state index in [4.69, 9.17) is 62.7 Å². The number of carbonyl (C=O) groups excluding carboxylic acids is 1. The van der Waals surface area contributed by atoms with Gasteiger partial charge in [-0.1, -0.05) is 58.0 Å². The molecule has 0 aliphatic rings. The Morgan fingerprint density at radius 1 is 0.941 bits per heavy atom. The third-order valence-corrected chi connectivity index (χ3v) is 3.75. The largest absolute Gasteiger partial charge is 1.00 e. The van der Waals surface area contributed by atoms with Gasteiger partial charge >= 0.3 is 51.4 Å². The number of hydrogen-bond acceptors (Lipinski definition) is 3. The zero-order chi connectivity index (χ0) is 12.5. The Morgan fingerprint density at radius 3 is 1.65 bits per heavy atom. The van der Waals surface area contributed by atoms with Crippen LogP contribution in [-0.2, 0) is 4.79 Å². The maximum atomic E-state index is 10.2. The number of carboxylic acid groups (broad SMARTS) is 1. The Labute approximate surface area is 165 Å². The van der Waals surface area contributed by atoms with Gasteiger partial charge in [-0.25, -0.2) is 0 Å². The molecule has 0 aromatic heterocycles. The quantitative estimate of drug-likeness (QED) is 0.435. The first kappa shape index (κ1) is 18.6. The molecule has 0 aliphatic carbocycles. The molecular formula is C8H2Cl5KO3. The summed E-state index contributed by atoms with van der Waals surface area (Å²) in [6.07, 6.45) is 0. The van der Waals surface area contributed by atoms with Crippen molar-refractivity contribution in [2.24, 2.45) is 0 Å². The molecule has 1 aromatic carbocycles. The van der Waals surface area contributed by atoms with Crippen molar-refractivity contribution in [1.29, 1.82) is 0 Å². The summed E-state index contributed by atoms with van der Waals surface area (Å²) in [4.78, 5) is 10.2. The Bertz CT molecular complexity index is 422. The minimum atomic E-state index is -1.44. The summed E-state index contributed by atoms with van der Waals surface area (Å²) in [6, 6.07) is 0. The first-order chi connectivity index (χ1) is 7.36. The molecule has 1 aromatic rings. The van der Waals surface area contributed by atoms with E-state index in [-0.39, 0.29) is 82.2 Å². The van der Waals surface area contributed by atoms with Crippen molar-refractivity contribution in [3.63, 3.8) is 0 Å². The van der Waals surface area contributed by atoms with Gasteiger partial charge in [-0.3, -0.25) is 0 Å². The van der Waals surface area contributed by atoms with Crippen LogP contribution >= 0.6 is 58.0 Å². The number of benzene rings is 1.